The summed E-state index contributed by atoms with van der Waals surface area (Å²) in [5.74, 6) is -0.421. The van der Waals surface area contributed by atoms with Crippen molar-refractivity contribution in [1.29, 1.82) is 0 Å². The fraction of sp³-hybridized carbons (Fsp3) is 0.250. The van der Waals surface area contributed by atoms with Crippen LogP contribution in [0.2, 0.25) is 10.0 Å². The average Bonchev–Trinajstić information content (AvgIpc) is 3.45. The van der Waals surface area contributed by atoms with E-state index in [2.05, 4.69) is 25.7 Å². The molecule has 2 N–H and O–H groups in total. The standard InChI is InChI=1S/C28H28Cl2N6O3/c1-28(2,3)24(27(36-17-31-16-33-36)39-21-13-11-20(30)12-14-21)35-26(38)23(18-7-9-19(29)10-8-18)34-25(37)22-6-4-5-15-32-22/h4-17,23-24,27H,1-3H3,(H,34,37)(H,35,38). The summed E-state index contributed by atoms with van der Waals surface area (Å²) in [4.78, 5) is 35.1. The van der Waals surface area contributed by atoms with Gasteiger partial charge in [0.15, 0.2) is 0 Å². The summed E-state index contributed by atoms with van der Waals surface area (Å²) in [7, 11) is 0. The zero-order valence-corrected chi connectivity index (χ0v) is 23.1. The molecule has 0 saturated carbocycles. The van der Waals surface area contributed by atoms with Crippen LogP contribution in [0.15, 0.2) is 85.6 Å². The smallest absolute Gasteiger partial charge is 0.270 e. The third-order valence-electron chi connectivity index (χ3n) is 5.92. The lowest BCUT2D eigenvalue weighted by Crippen LogP contribution is -2.54. The molecule has 2 aromatic carbocycles. The number of nitrogens with zero attached hydrogens (tertiary/aromatic N) is 4. The fourth-order valence-corrected chi connectivity index (χ4v) is 4.14. The molecule has 202 valence electrons. The van der Waals surface area contributed by atoms with Gasteiger partial charge < -0.3 is 15.4 Å². The monoisotopic (exact) mass is 566 g/mol. The van der Waals surface area contributed by atoms with Gasteiger partial charge in [0.2, 0.25) is 12.1 Å². The van der Waals surface area contributed by atoms with Crippen LogP contribution in [-0.4, -0.2) is 37.6 Å². The van der Waals surface area contributed by atoms with Crippen molar-refractivity contribution in [2.45, 2.75) is 39.1 Å². The number of nitrogens with one attached hydrogen (secondary N) is 2. The summed E-state index contributed by atoms with van der Waals surface area (Å²) in [5.41, 5.74) is 0.210. The van der Waals surface area contributed by atoms with E-state index >= 15 is 0 Å². The average molecular weight is 567 g/mol. The minimum atomic E-state index is -1.05. The molecule has 11 heteroatoms. The number of hydrogen-bond acceptors (Lipinski definition) is 6. The summed E-state index contributed by atoms with van der Waals surface area (Å²) in [5, 5.41) is 11.3. The number of ether oxygens (including phenoxy) is 1. The normalized spacial score (nSPS) is 13.7. The molecule has 0 radical (unpaired) electrons. The summed E-state index contributed by atoms with van der Waals surface area (Å²) in [6, 6.07) is 16.9. The summed E-state index contributed by atoms with van der Waals surface area (Å²) in [6.45, 7) is 5.91. The van der Waals surface area contributed by atoms with Gasteiger partial charge in [-0.3, -0.25) is 14.6 Å². The van der Waals surface area contributed by atoms with Crippen LogP contribution in [0.1, 0.15) is 49.1 Å². The SMILES string of the molecule is CC(C)(C)C(NC(=O)C(NC(=O)c1ccccn1)c1ccc(Cl)cc1)C(Oc1ccc(Cl)cc1)n1cncn1. The second-order valence-electron chi connectivity index (χ2n) is 9.86. The number of hydrogen-bond donors (Lipinski definition) is 2. The first kappa shape index (κ1) is 28.1. The van der Waals surface area contributed by atoms with Crippen molar-refractivity contribution in [3.63, 3.8) is 0 Å². The van der Waals surface area contributed by atoms with Crippen LogP contribution in [0.4, 0.5) is 0 Å². The third kappa shape index (κ3) is 7.34. The maximum absolute atomic E-state index is 13.9. The lowest BCUT2D eigenvalue weighted by Gasteiger charge is -2.38. The predicted octanol–water partition coefficient (Wildman–Crippen LogP) is 5.26. The van der Waals surface area contributed by atoms with Crippen LogP contribution < -0.4 is 15.4 Å². The van der Waals surface area contributed by atoms with Crippen LogP contribution in [-0.2, 0) is 4.79 Å². The highest BCUT2D eigenvalue weighted by Crippen LogP contribution is 2.31. The van der Waals surface area contributed by atoms with Gasteiger partial charge in [0, 0.05) is 16.2 Å². The van der Waals surface area contributed by atoms with E-state index in [1.54, 1.807) is 66.7 Å². The molecule has 2 heterocycles. The largest absolute Gasteiger partial charge is 0.466 e. The van der Waals surface area contributed by atoms with Gasteiger partial charge in [-0.2, -0.15) is 5.10 Å². The van der Waals surface area contributed by atoms with Crippen molar-refractivity contribution in [2.24, 2.45) is 5.41 Å². The molecular formula is C28H28Cl2N6O3. The lowest BCUT2D eigenvalue weighted by atomic mass is 9.85. The van der Waals surface area contributed by atoms with Gasteiger partial charge in [-0.1, -0.05) is 62.2 Å². The maximum Gasteiger partial charge on any atom is 0.270 e. The van der Waals surface area contributed by atoms with Crippen molar-refractivity contribution in [2.75, 3.05) is 0 Å². The molecular weight excluding hydrogens is 539 g/mol. The molecule has 4 rings (SSSR count). The fourth-order valence-electron chi connectivity index (χ4n) is 3.89. The Kier molecular flexibility index (Phi) is 8.83. The zero-order valence-electron chi connectivity index (χ0n) is 21.6. The predicted molar refractivity (Wildman–Crippen MR) is 148 cm³/mol. The summed E-state index contributed by atoms with van der Waals surface area (Å²) >= 11 is 12.1. The van der Waals surface area contributed by atoms with Crippen molar-refractivity contribution >= 4 is 35.0 Å². The molecule has 0 aliphatic rings. The molecule has 0 spiro atoms. The molecule has 4 aromatic rings. The summed E-state index contributed by atoms with van der Waals surface area (Å²) in [6.07, 6.45) is 3.64. The molecule has 0 aliphatic carbocycles. The zero-order chi connectivity index (χ0) is 28.0. The number of aromatic nitrogens is 4. The molecule has 2 aromatic heterocycles. The number of amides is 2. The van der Waals surface area contributed by atoms with E-state index in [1.807, 2.05) is 20.8 Å². The highest BCUT2D eigenvalue weighted by Gasteiger charge is 2.39. The summed E-state index contributed by atoms with van der Waals surface area (Å²) < 4.78 is 7.86. The minimum absolute atomic E-state index is 0.184. The maximum atomic E-state index is 13.9. The second kappa shape index (κ2) is 12.3. The Morgan fingerprint density at radius 2 is 1.59 bits per heavy atom. The van der Waals surface area contributed by atoms with Crippen LogP contribution in [0.25, 0.3) is 0 Å². The van der Waals surface area contributed by atoms with Gasteiger partial charge >= 0.3 is 0 Å². The highest BCUT2D eigenvalue weighted by molar-refractivity contribution is 6.30. The van der Waals surface area contributed by atoms with Gasteiger partial charge in [-0.25, -0.2) is 9.67 Å². The number of pyridine rings is 1. The molecule has 3 atom stereocenters. The molecule has 0 bridgehead atoms. The van der Waals surface area contributed by atoms with Gasteiger partial charge in [-0.15, -0.1) is 0 Å². The van der Waals surface area contributed by atoms with Crippen LogP contribution in [0, 0.1) is 5.41 Å². The van der Waals surface area contributed by atoms with Gasteiger partial charge in [0.05, 0.1) is 6.04 Å². The van der Waals surface area contributed by atoms with Crippen LogP contribution in [0.3, 0.4) is 0 Å². The number of carbonyl (C=O) groups excluding carboxylic acids is 2. The van der Waals surface area contributed by atoms with Crippen molar-refractivity contribution in [3.8, 4) is 5.75 Å². The van der Waals surface area contributed by atoms with Gasteiger partial charge in [0.25, 0.3) is 5.91 Å². The second-order valence-corrected chi connectivity index (χ2v) is 10.7. The molecule has 0 aliphatic heterocycles. The Morgan fingerprint density at radius 3 is 2.15 bits per heavy atom. The number of halogens is 2. The lowest BCUT2D eigenvalue weighted by molar-refractivity contribution is -0.126. The van der Waals surface area contributed by atoms with E-state index < -0.39 is 35.5 Å². The first-order chi connectivity index (χ1) is 18.6. The Hall–Kier alpha value is -3.95. The Balaban J connectivity index is 1.67. The molecule has 0 fully saturated rings. The number of carbonyl (C=O) groups is 2. The third-order valence-corrected chi connectivity index (χ3v) is 6.43. The van der Waals surface area contributed by atoms with Crippen molar-refractivity contribution < 1.29 is 14.3 Å². The van der Waals surface area contributed by atoms with Crippen molar-refractivity contribution in [3.05, 3.63) is 107 Å². The van der Waals surface area contributed by atoms with Crippen molar-refractivity contribution in [1.82, 2.24) is 30.4 Å². The quantitative estimate of drug-likeness (QED) is 0.286. The van der Waals surface area contributed by atoms with Gasteiger partial charge in [0.1, 0.15) is 30.1 Å². The Morgan fingerprint density at radius 1 is 0.923 bits per heavy atom. The van der Waals surface area contributed by atoms with E-state index in [4.69, 9.17) is 27.9 Å². The highest BCUT2D eigenvalue weighted by atomic mass is 35.5. The van der Waals surface area contributed by atoms with E-state index in [1.165, 1.54) is 23.5 Å². The molecule has 9 nitrogen and oxygen atoms in total. The number of benzene rings is 2. The van der Waals surface area contributed by atoms with E-state index in [-0.39, 0.29) is 5.69 Å². The van der Waals surface area contributed by atoms with E-state index in [0.717, 1.165) is 0 Å². The first-order valence-corrected chi connectivity index (χ1v) is 12.9. The van der Waals surface area contributed by atoms with Crippen LogP contribution >= 0.6 is 23.2 Å². The molecule has 0 saturated heterocycles. The topological polar surface area (TPSA) is 111 Å². The molecule has 2 amide bonds. The van der Waals surface area contributed by atoms with Gasteiger partial charge in [-0.05, 0) is 59.5 Å². The molecule has 3 unspecified atom stereocenters. The Bertz CT molecular complexity index is 1380. The molecule has 39 heavy (non-hydrogen) atoms. The minimum Gasteiger partial charge on any atom is -0.466 e. The van der Waals surface area contributed by atoms with E-state index in [9.17, 15) is 9.59 Å². The van der Waals surface area contributed by atoms with E-state index in [0.29, 0.717) is 21.4 Å². The number of rotatable bonds is 9. The van der Waals surface area contributed by atoms with Crippen LogP contribution in [0.5, 0.6) is 5.75 Å². The Labute approximate surface area is 236 Å². The first-order valence-electron chi connectivity index (χ1n) is 12.2.